The molecule has 2 atom stereocenters. The number of H-pyrrole nitrogens is 1. The average molecular weight is 300 g/mol. The Morgan fingerprint density at radius 3 is 2.75 bits per heavy atom. The Balaban J connectivity index is 2.07. The number of nitrogens with two attached hydrogens (primary N) is 1. The molecule has 112 valence electrons. The summed E-state index contributed by atoms with van der Waals surface area (Å²) in [5, 5.41) is 14.1. The van der Waals surface area contributed by atoms with Crippen molar-refractivity contribution in [2.75, 3.05) is 6.54 Å². The lowest BCUT2D eigenvalue weighted by molar-refractivity contribution is 0.0938. The second-order valence-corrected chi connectivity index (χ2v) is 7.06. The fraction of sp³-hybridized carbons (Fsp3) is 0.667. The number of aromatic nitrogens is 2. The van der Waals surface area contributed by atoms with Crippen LogP contribution < -0.4 is 10.5 Å². The molecule has 1 heterocycles. The highest BCUT2D eigenvalue weighted by atomic mass is 32.2. The van der Waals surface area contributed by atoms with Gasteiger partial charge in [0, 0.05) is 6.54 Å². The number of carbonyl (C=O) groups is 1. The van der Waals surface area contributed by atoms with Gasteiger partial charge >= 0.3 is 0 Å². The molecule has 2 unspecified atom stereocenters. The zero-order chi connectivity index (χ0) is 14.9. The van der Waals surface area contributed by atoms with Gasteiger partial charge in [-0.25, -0.2) is 13.6 Å². The molecule has 0 radical (unpaired) electrons. The van der Waals surface area contributed by atoms with Crippen molar-refractivity contribution in [2.45, 2.75) is 38.0 Å². The van der Waals surface area contributed by atoms with E-state index in [1.807, 2.05) is 0 Å². The van der Waals surface area contributed by atoms with Crippen LogP contribution in [0.4, 0.5) is 0 Å². The molecule has 0 saturated heterocycles. The van der Waals surface area contributed by atoms with E-state index in [9.17, 15) is 13.2 Å². The summed E-state index contributed by atoms with van der Waals surface area (Å²) >= 11 is 0. The summed E-state index contributed by atoms with van der Waals surface area (Å²) in [5.74, 6) is 0.634. The SMILES string of the molecule is Cc1[nH]nc(C(=O)NCC2CCC(C)C2)c1S(N)(=O)=O. The van der Waals surface area contributed by atoms with E-state index >= 15 is 0 Å². The van der Waals surface area contributed by atoms with Gasteiger partial charge in [0.05, 0.1) is 5.69 Å². The summed E-state index contributed by atoms with van der Waals surface area (Å²) in [5.41, 5.74) is 0.114. The fourth-order valence-corrected chi connectivity index (χ4v) is 3.63. The molecule has 0 aliphatic heterocycles. The summed E-state index contributed by atoms with van der Waals surface area (Å²) in [6, 6.07) is 0. The van der Waals surface area contributed by atoms with E-state index in [0.29, 0.717) is 18.4 Å². The second kappa shape index (κ2) is 5.53. The molecule has 1 saturated carbocycles. The van der Waals surface area contributed by atoms with E-state index in [-0.39, 0.29) is 16.3 Å². The standard InChI is InChI=1S/C12H20N4O3S/c1-7-3-4-9(5-7)6-14-12(17)10-11(20(13,18)19)8(2)15-16-10/h7,9H,3-6H2,1-2H3,(H,14,17)(H,15,16)(H2,13,18,19). The number of hydrogen-bond donors (Lipinski definition) is 3. The molecule has 1 fully saturated rings. The van der Waals surface area contributed by atoms with Crippen LogP contribution in [0.2, 0.25) is 0 Å². The number of sulfonamides is 1. The van der Waals surface area contributed by atoms with Gasteiger partial charge in [0.1, 0.15) is 4.90 Å². The normalized spacial score (nSPS) is 22.9. The van der Waals surface area contributed by atoms with Crippen molar-refractivity contribution in [1.82, 2.24) is 15.5 Å². The number of nitrogens with zero attached hydrogens (tertiary/aromatic N) is 1. The maximum Gasteiger partial charge on any atom is 0.273 e. The number of amides is 1. The van der Waals surface area contributed by atoms with Crippen LogP contribution in [0.25, 0.3) is 0 Å². The van der Waals surface area contributed by atoms with Crippen LogP contribution in [-0.2, 0) is 10.0 Å². The van der Waals surface area contributed by atoms with Crippen molar-refractivity contribution in [3.63, 3.8) is 0 Å². The summed E-state index contributed by atoms with van der Waals surface area (Å²) in [7, 11) is -3.97. The molecule has 2 rings (SSSR count). The molecule has 7 nitrogen and oxygen atoms in total. The molecule has 0 aromatic carbocycles. The Kier molecular flexibility index (Phi) is 4.14. The molecule has 1 aromatic rings. The number of rotatable bonds is 4. The van der Waals surface area contributed by atoms with Crippen LogP contribution in [0.5, 0.6) is 0 Å². The van der Waals surface area contributed by atoms with Gasteiger partial charge in [-0.1, -0.05) is 13.3 Å². The maximum absolute atomic E-state index is 12.1. The van der Waals surface area contributed by atoms with Crippen molar-refractivity contribution >= 4 is 15.9 Å². The van der Waals surface area contributed by atoms with Gasteiger partial charge in [0.15, 0.2) is 5.69 Å². The van der Waals surface area contributed by atoms with Crippen LogP contribution in [0.15, 0.2) is 4.90 Å². The first-order valence-electron chi connectivity index (χ1n) is 6.65. The Bertz CT molecular complexity index is 608. The Labute approximate surface area is 118 Å². The highest BCUT2D eigenvalue weighted by Gasteiger charge is 2.27. The lowest BCUT2D eigenvalue weighted by atomic mass is 10.1. The van der Waals surface area contributed by atoms with Crippen LogP contribution in [0.1, 0.15) is 42.4 Å². The summed E-state index contributed by atoms with van der Waals surface area (Å²) in [4.78, 5) is 11.8. The Hall–Kier alpha value is -1.41. The lowest BCUT2D eigenvalue weighted by Gasteiger charge is -2.10. The van der Waals surface area contributed by atoms with Crippen molar-refractivity contribution in [3.05, 3.63) is 11.4 Å². The first-order chi connectivity index (χ1) is 9.29. The van der Waals surface area contributed by atoms with Crippen molar-refractivity contribution in [2.24, 2.45) is 17.0 Å². The van der Waals surface area contributed by atoms with E-state index in [4.69, 9.17) is 5.14 Å². The number of primary sulfonamides is 1. The number of nitrogens with one attached hydrogen (secondary N) is 2. The molecule has 0 spiro atoms. The highest BCUT2D eigenvalue weighted by molar-refractivity contribution is 7.89. The number of hydrogen-bond acceptors (Lipinski definition) is 4. The van der Waals surface area contributed by atoms with E-state index in [2.05, 4.69) is 22.4 Å². The molecule has 8 heteroatoms. The average Bonchev–Trinajstić information content (AvgIpc) is 2.91. The first kappa shape index (κ1) is 15.0. The molecule has 1 aliphatic carbocycles. The largest absolute Gasteiger partial charge is 0.350 e. The van der Waals surface area contributed by atoms with Crippen molar-refractivity contribution in [1.29, 1.82) is 0 Å². The molecule has 1 amide bonds. The third-order valence-corrected chi connectivity index (χ3v) is 4.81. The quantitative estimate of drug-likeness (QED) is 0.751. The van der Waals surface area contributed by atoms with E-state index in [1.54, 1.807) is 0 Å². The highest BCUT2D eigenvalue weighted by Crippen LogP contribution is 2.29. The molecular weight excluding hydrogens is 280 g/mol. The Morgan fingerprint density at radius 1 is 1.50 bits per heavy atom. The molecule has 0 bridgehead atoms. The molecule has 20 heavy (non-hydrogen) atoms. The predicted octanol–water partition coefficient (Wildman–Crippen LogP) is 0.532. The van der Waals surface area contributed by atoms with Gasteiger partial charge in [0.2, 0.25) is 10.0 Å². The minimum Gasteiger partial charge on any atom is -0.350 e. The van der Waals surface area contributed by atoms with Gasteiger partial charge in [-0.15, -0.1) is 0 Å². The van der Waals surface area contributed by atoms with E-state index in [1.165, 1.54) is 13.3 Å². The van der Waals surface area contributed by atoms with Gasteiger partial charge in [-0.05, 0) is 31.6 Å². The van der Waals surface area contributed by atoms with Crippen molar-refractivity contribution in [3.8, 4) is 0 Å². The van der Waals surface area contributed by atoms with Crippen molar-refractivity contribution < 1.29 is 13.2 Å². The fourth-order valence-electron chi connectivity index (χ4n) is 2.75. The van der Waals surface area contributed by atoms with Gasteiger partial charge in [-0.3, -0.25) is 9.89 Å². The summed E-state index contributed by atoms with van der Waals surface area (Å²) in [6.45, 7) is 4.25. The zero-order valence-electron chi connectivity index (χ0n) is 11.6. The second-order valence-electron chi connectivity index (χ2n) is 5.57. The van der Waals surface area contributed by atoms with E-state index < -0.39 is 15.9 Å². The predicted molar refractivity (Wildman–Crippen MR) is 73.5 cm³/mol. The molecule has 1 aliphatic rings. The van der Waals surface area contributed by atoms with Gasteiger partial charge in [0.25, 0.3) is 5.91 Å². The number of carbonyl (C=O) groups excluding carboxylic acids is 1. The third kappa shape index (κ3) is 3.18. The molecule has 4 N–H and O–H groups in total. The van der Waals surface area contributed by atoms with Crippen LogP contribution in [-0.4, -0.2) is 31.1 Å². The molecule has 1 aromatic heterocycles. The first-order valence-corrected chi connectivity index (χ1v) is 8.19. The summed E-state index contributed by atoms with van der Waals surface area (Å²) in [6.07, 6.45) is 3.34. The summed E-state index contributed by atoms with van der Waals surface area (Å²) < 4.78 is 23.0. The smallest absolute Gasteiger partial charge is 0.273 e. The Morgan fingerprint density at radius 2 is 2.20 bits per heavy atom. The third-order valence-electron chi connectivity index (χ3n) is 3.75. The van der Waals surface area contributed by atoms with E-state index in [0.717, 1.165) is 12.8 Å². The minimum absolute atomic E-state index is 0.156. The van der Waals surface area contributed by atoms with Crippen LogP contribution >= 0.6 is 0 Å². The minimum atomic E-state index is -3.97. The maximum atomic E-state index is 12.1. The molecular formula is C12H20N4O3S. The topological polar surface area (TPSA) is 118 Å². The lowest BCUT2D eigenvalue weighted by Crippen LogP contribution is -2.30. The van der Waals surface area contributed by atoms with Crippen LogP contribution in [0, 0.1) is 18.8 Å². The monoisotopic (exact) mass is 300 g/mol. The number of aryl methyl sites for hydroxylation is 1. The van der Waals surface area contributed by atoms with Gasteiger partial charge < -0.3 is 5.32 Å². The number of aromatic amines is 1. The van der Waals surface area contributed by atoms with Crippen LogP contribution in [0.3, 0.4) is 0 Å². The zero-order valence-corrected chi connectivity index (χ0v) is 12.5. The van der Waals surface area contributed by atoms with Gasteiger partial charge in [-0.2, -0.15) is 5.10 Å².